The summed E-state index contributed by atoms with van der Waals surface area (Å²) < 4.78 is 0. The second-order valence-electron chi connectivity index (χ2n) is 4.62. The van der Waals surface area contributed by atoms with E-state index in [-0.39, 0.29) is 11.9 Å². The summed E-state index contributed by atoms with van der Waals surface area (Å²) in [5.41, 5.74) is 0. The minimum atomic E-state index is -0.903. The Balaban J connectivity index is 2.24. The fraction of sp³-hybridized carbons (Fsp3) is 0.818. The lowest BCUT2D eigenvalue weighted by atomic mass is 10.1. The SMILES string of the molecule is CN[C@H]1CCCN2CCC[C@@H](C(=O)O)N2C1=O. The second kappa shape index (κ2) is 5.01. The number of nitrogens with one attached hydrogen (secondary N) is 1. The maximum atomic E-state index is 12.3. The van der Waals surface area contributed by atoms with Gasteiger partial charge in [0.25, 0.3) is 5.91 Å². The van der Waals surface area contributed by atoms with Crippen molar-refractivity contribution in [3.05, 3.63) is 0 Å². The molecule has 2 saturated heterocycles. The van der Waals surface area contributed by atoms with Gasteiger partial charge in [0.15, 0.2) is 0 Å². The number of hydrogen-bond donors (Lipinski definition) is 2. The molecule has 2 heterocycles. The number of hydrogen-bond acceptors (Lipinski definition) is 4. The highest BCUT2D eigenvalue weighted by molar-refractivity contribution is 5.87. The van der Waals surface area contributed by atoms with E-state index in [1.54, 1.807) is 7.05 Å². The first-order valence-corrected chi connectivity index (χ1v) is 6.13. The van der Waals surface area contributed by atoms with Gasteiger partial charge in [0.2, 0.25) is 0 Å². The topological polar surface area (TPSA) is 72.9 Å². The molecule has 0 bridgehead atoms. The monoisotopic (exact) mass is 241 g/mol. The van der Waals surface area contributed by atoms with Gasteiger partial charge in [0.05, 0.1) is 6.04 Å². The van der Waals surface area contributed by atoms with Crippen molar-refractivity contribution in [2.24, 2.45) is 0 Å². The van der Waals surface area contributed by atoms with Crippen LogP contribution in [0.4, 0.5) is 0 Å². The molecule has 17 heavy (non-hydrogen) atoms. The Kier molecular flexibility index (Phi) is 3.63. The Morgan fingerprint density at radius 3 is 2.59 bits per heavy atom. The Morgan fingerprint density at radius 2 is 2.00 bits per heavy atom. The summed E-state index contributed by atoms with van der Waals surface area (Å²) in [7, 11) is 1.75. The van der Waals surface area contributed by atoms with Crippen molar-refractivity contribution < 1.29 is 14.7 Å². The van der Waals surface area contributed by atoms with E-state index in [1.807, 2.05) is 5.01 Å². The van der Waals surface area contributed by atoms with Gasteiger partial charge in [-0.15, -0.1) is 0 Å². The van der Waals surface area contributed by atoms with E-state index in [4.69, 9.17) is 0 Å². The van der Waals surface area contributed by atoms with Crippen LogP contribution in [0.2, 0.25) is 0 Å². The minimum absolute atomic E-state index is 0.0999. The summed E-state index contributed by atoms with van der Waals surface area (Å²) in [4.78, 5) is 23.5. The zero-order valence-corrected chi connectivity index (χ0v) is 10.1. The molecule has 2 fully saturated rings. The fourth-order valence-corrected chi connectivity index (χ4v) is 2.66. The number of hydrazine groups is 1. The maximum Gasteiger partial charge on any atom is 0.328 e. The van der Waals surface area contributed by atoms with E-state index < -0.39 is 12.0 Å². The number of amides is 1. The highest BCUT2D eigenvalue weighted by Crippen LogP contribution is 2.23. The van der Waals surface area contributed by atoms with Gasteiger partial charge in [-0.05, 0) is 32.7 Å². The molecule has 2 N–H and O–H groups in total. The van der Waals surface area contributed by atoms with Gasteiger partial charge in [-0.25, -0.2) is 9.80 Å². The molecule has 0 aromatic rings. The molecular weight excluding hydrogens is 222 g/mol. The van der Waals surface area contributed by atoms with Crippen molar-refractivity contribution in [2.45, 2.75) is 37.8 Å². The van der Waals surface area contributed by atoms with Crippen LogP contribution in [0, 0.1) is 0 Å². The van der Waals surface area contributed by atoms with Crippen LogP contribution >= 0.6 is 0 Å². The van der Waals surface area contributed by atoms with E-state index in [2.05, 4.69) is 5.32 Å². The van der Waals surface area contributed by atoms with Gasteiger partial charge in [-0.2, -0.15) is 0 Å². The third-order valence-electron chi connectivity index (χ3n) is 3.56. The van der Waals surface area contributed by atoms with Gasteiger partial charge >= 0.3 is 5.97 Å². The first-order valence-electron chi connectivity index (χ1n) is 6.13. The standard InChI is InChI=1S/C11H19N3O3/c1-12-8-4-2-6-13-7-3-5-9(11(16)17)14(13)10(8)15/h8-9,12H,2-7H2,1H3,(H,16,17)/t8-,9-/m0/s1. The van der Waals surface area contributed by atoms with E-state index >= 15 is 0 Å². The number of fused-ring (bicyclic) bond motifs is 1. The number of carboxylic acid groups (broad SMARTS) is 1. The van der Waals surface area contributed by atoms with Gasteiger partial charge in [0.1, 0.15) is 6.04 Å². The molecule has 0 aromatic heterocycles. The predicted octanol–water partition coefficient (Wildman–Crippen LogP) is -0.339. The molecule has 0 unspecified atom stereocenters. The molecule has 0 radical (unpaired) electrons. The number of carbonyl (C=O) groups is 2. The Hall–Kier alpha value is -1.14. The van der Waals surface area contributed by atoms with Crippen LogP contribution in [0.15, 0.2) is 0 Å². The molecule has 0 spiro atoms. The summed E-state index contributed by atoms with van der Waals surface area (Å²) in [5.74, 6) is -1.00. The van der Waals surface area contributed by atoms with Gasteiger partial charge in [-0.1, -0.05) is 0 Å². The smallest absolute Gasteiger partial charge is 0.328 e. The number of carbonyl (C=O) groups excluding carboxylic acids is 1. The van der Waals surface area contributed by atoms with E-state index in [1.165, 1.54) is 5.01 Å². The highest BCUT2D eigenvalue weighted by Gasteiger charge is 2.40. The zero-order valence-electron chi connectivity index (χ0n) is 10.1. The molecule has 6 heteroatoms. The number of carboxylic acids is 1. The van der Waals surface area contributed by atoms with Gasteiger partial charge < -0.3 is 10.4 Å². The van der Waals surface area contributed by atoms with Crippen molar-refractivity contribution in [2.75, 3.05) is 20.1 Å². The molecule has 2 rings (SSSR count). The van der Waals surface area contributed by atoms with Gasteiger partial charge in [0, 0.05) is 13.1 Å². The number of nitrogens with zero attached hydrogens (tertiary/aromatic N) is 2. The van der Waals surface area contributed by atoms with E-state index in [0.717, 1.165) is 32.4 Å². The first kappa shape index (κ1) is 12.3. The third kappa shape index (κ3) is 2.28. The van der Waals surface area contributed by atoms with Crippen molar-refractivity contribution >= 4 is 11.9 Å². The summed E-state index contributed by atoms with van der Waals surface area (Å²) >= 11 is 0. The van der Waals surface area contributed by atoms with Gasteiger partial charge in [-0.3, -0.25) is 9.80 Å². The van der Waals surface area contributed by atoms with Crippen molar-refractivity contribution in [1.29, 1.82) is 0 Å². The molecule has 1 amide bonds. The fourth-order valence-electron chi connectivity index (χ4n) is 2.66. The van der Waals surface area contributed by atoms with Crippen molar-refractivity contribution in [3.8, 4) is 0 Å². The molecule has 0 saturated carbocycles. The highest BCUT2D eigenvalue weighted by atomic mass is 16.4. The molecule has 0 aromatic carbocycles. The van der Waals surface area contributed by atoms with Crippen LogP contribution in [-0.2, 0) is 9.59 Å². The Labute approximate surface area is 101 Å². The van der Waals surface area contributed by atoms with Crippen LogP contribution in [0.3, 0.4) is 0 Å². The number of aliphatic carboxylic acids is 1. The molecule has 2 aliphatic heterocycles. The summed E-state index contributed by atoms with van der Waals surface area (Å²) in [6.07, 6.45) is 3.08. The Bertz CT molecular complexity index is 321. The van der Waals surface area contributed by atoms with Crippen LogP contribution < -0.4 is 5.32 Å². The quantitative estimate of drug-likeness (QED) is 0.692. The van der Waals surface area contributed by atoms with Crippen molar-refractivity contribution in [1.82, 2.24) is 15.3 Å². The normalized spacial score (nSPS) is 30.9. The molecule has 96 valence electrons. The predicted molar refractivity (Wildman–Crippen MR) is 61.2 cm³/mol. The number of rotatable bonds is 2. The third-order valence-corrected chi connectivity index (χ3v) is 3.56. The summed E-state index contributed by atoms with van der Waals surface area (Å²) in [6, 6.07) is -0.940. The average Bonchev–Trinajstić information content (AvgIpc) is 2.48. The summed E-state index contributed by atoms with van der Waals surface area (Å²) in [6.45, 7) is 1.56. The van der Waals surface area contributed by atoms with E-state index in [9.17, 15) is 14.7 Å². The lowest BCUT2D eigenvalue weighted by Gasteiger charge is -2.42. The molecular formula is C11H19N3O3. The summed E-state index contributed by atoms with van der Waals surface area (Å²) in [5, 5.41) is 15.6. The zero-order chi connectivity index (χ0) is 12.4. The lowest BCUT2D eigenvalue weighted by Crippen LogP contribution is -2.60. The van der Waals surface area contributed by atoms with Crippen LogP contribution in [0.25, 0.3) is 0 Å². The van der Waals surface area contributed by atoms with Crippen LogP contribution in [-0.4, -0.2) is 59.2 Å². The Morgan fingerprint density at radius 1 is 1.35 bits per heavy atom. The van der Waals surface area contributed by atoms with Crippen molar-refractivity contribution in [3.63, 3.8) is 0 Å². The first-order chi connectivity index (χ1) is 8.15. The molecule has 0 aliphatic carbocycles. The molecule has 2 atom stereocenters. The maximum absolute atomic E-state index is 12.3. The van der Waals surface area contributed by atoms with E-state index in [0.29, 0.717) is 6.42 Å². The molecule has 2 aliphatic rings. The van der Waals surface area contributed by atoms with Crippen LogP contribution in [0.1, 0.15) is 25.7 Å². The minimum Gasteiger partial charge on any atom is -0.480 e. The molecule has 6 nitrogen and oxygen atoms in total. The average molecular weight is 241 g/mol. The van der Waals surface area contributed by atoms with Crippen LogP contribution in [0.5, 0.6) is 0 Å². The lowest BCUT2D eigenvalue weighted by molar-refractivity contribution is -0.174. The second-order valence-corrected chi connectivity index (χ2v) is 4.62. The number of likely N-dealkylation sites (N-methyl/N-ethyl adjacent to an activating group) is 1. The largest absolute Gasteiger partial charge is 0.480 e.